The maximum Gasteiger partial charge on any atom is 0.346 e. The maximum absolute atomic E-state index is 14.8. The number of ether oxygens (including phenoxy) is 1. The van der Waals surface area contributed by atoms with E-state index in [9.17, 15) is 14.4 Å². The fourth-order valence-electron chi connectivity index (χ4n) is 4.24. The van der Waals surface area contributed by atoms with Crippen LogP contribution in [0.25, 0.3) is 0 Å². The number of carbonyl (C=O) groups excluding carboxylic acids is 1. The van der Waals surface area contributed by atoms with Gasteiger partial charge >= 0.3 is 5.91 Å². The van der Waals surface area contributed by atoms with Gasteiger partial charge in [-0.2, -0.15) is 0 Å². The number of benzene rings is 3. The molecule has 33 heavy (non-hydrogen) atoms. The molecule has 0 radical (unpaired) electrons. The molecule has 1 aliphatic heterocycles. The molecule has 172 valence electrons. The Bertz CT molecular complexity index is 1010. The summed E-state index contributed by atoms with van der Waals surface area (Å²) in [4.78, 5) is 14.5. The number of rotatable bonds is 11. The Balaban J connectivity index is 1.27. The van der Waals surface area contributed by atoms with E-state index in [2.05, 4.69) is 4.90 Å². The zero-order chi connectivity index (χ0) is 23.1. The largest absolute Gasteiger partial charge is 0.625 e. The molecule has 5 nitrogen and oxygen atoms in total. The van der Waals surface area contributed by atoms with Crippen LogP contribution in [0.5, 0.6) is 0 Å². The van der Waals surface area contributed by atoms with Gasteiger partial charge in [-0.05, 0) is 17.2 Å². The SMILES string of the molecule is O=C1c2ccccc2C[N+]1([O-])CCOCC(F)CN(Cc1ccccc1)Cc1ccccc1. The van der Waals surface area contributed by atoms with Crippen molar-refractivity contribution < 1.29 is 18.6 Å². The van der Waals surface area contributed by atoms with Gasteiger partial charge in [-0.3, -0.25) is 9.55 Å². The highest BCUT2D eigenvalue weighted by Crippen LogP contribution is 2.28. The highest BCUT2D eigenvalue weighted by atomic mass is 19.1. The number of alkyl halides is 1. The predicted molar refractivity (Wildman–Crippen MR) is 126 cm³/mol. The third-order valence-electron chi connectivity index (χ3n) is 5.89. The summed E-state index contributed by atoms with van der Waals surface area (Å²) in [7, 11) is 0. The zero-order valence-corrected chi connectivity index (χ0v) is 18.6. The summed E-state index contributed by atoms with van der Waals surface area (Å²) in [6.07, 6.45) is -1.20. The second-order valence-electron chi connectivity index (χ2n) is 8.55. The number of amides is 1. The van der Waals surface area contributed by atoms with Crippen LogP contribution in [0.15, 0.2) is 84.9 Å². The maximum atomic E-state index is 14.8. The molecule has 6 heteroatoms. The molecule has 0 aliphatic carbocycles. The van der Waals surface area contributed by atoms with Crippen molar-refractivity contribution in [3.63, 3.8) is 0 Å². The molecular formula is C27H29FN2O3. The van der Waals surface area contributed by atoms with Crippen LogP contribution in [0.4, 0.5) is 4.39 Å². The lowest BCUT2D eigenvalue weighted by Gasteiger charge is -2.35. The van der Waals surface area contributed by atoms with Crippen molar-refractivity contribution in [2.75, 3.05) is 26.3 Å². The van der Waals surface area contributed by atoms with Crippen LogP contribution in [0.1, 0.15) is 27.0 Å². The number of quaternary nitrogens is 1. The highest BCUT2D eigenvalue weighted by Gasteiger charge is 2.38. The predicted octanol–water partition coefficient (Wildman–Crippen LogP) is 4.71. The first-order valence-electron chi connectivity index (χ1n) is 11.3. The third-order valence-corrected chi connectivity index (χ3v) is 5.89. The minimum Gasteiger partial charge on any atom is -0.625 e. The number of carbonyl (C=O) groups is 1. The average Bonchev–Trinajstić information content (AvgIpc) is 3.08. The van der Waals surface area contributed by atoms with Crippen molar-refractivity contribution in [1.29, 1.82) is 0 Å². The van der Waals surface area contributed by atoms with E-state index in [0.717, 1.165) is 16.7 Å². The number of halogens is 1. The van der Waals surface area contributed by atoms with Crippen molar-refractivity contribution in [3.8, 4) is 0 Å². The normalized spacial score (nSPS) is 18.5. The Labute approximate surface area is 194 Å². The van der Waals surface area contributed by atoms with E-state index in [1.165, 1.54) is 0 Å². The lowest BCUT2D eigenvalue weighted by molar-refractivity contribution is -0.808. The molecule has 1 amide bonds. The zero-order valence-electron chi connectivity index (χ0n) is 18.6. The Morgan fingerprint density at radius 1 is 0.909 bits per heavy atom. The third kappa shape index (κ3) is 6.12. The first-order chi connectivity index (χ1) is 16.0. The van der Waals surface area contributed by atoms with Gasteiger partial charge < -0.3 is 9.94 Å². The van der Waals surface area contributed by atoms with Gasteiger partial charge in [0, 0.05) is 25.2 Å². The molecule has 2 unspecified atom stereocenters. The Hall–Kier alpha value is -2.90. The Kier molecular flexibility index (Phi) is 7.62. The lowest BCUT2D eigenvalue weighted by Crippen LogP contribution is -2.45. The average molecular weight is 449 g/mol. The number of hydrogen-bond acceptors (Lipinski definition) is 4. The van der Waals surface area contributed by atoms with E-state index in [1.54, 1.807) is 18.2 Å². The second-order valence-corrected chi connectivity index (χ2v) is 8.55. The standard InChI is InChI=1S/C27H29FN2O3/c28-25(21-33-16-15-30(32)20-24-13-7-8-14-26(24)27(30)31)19-29(17-22-9-3-1-4-10-22)18-23-11-5-2-6-12-23/h1-14,25H,15-21H2. The molecular weight excluding hydrogens is 419 g/mol. The van der Waals surface area contributed by atoms with E-state index >= 15 is 0 Å². The van der Waals surface area contributed by atoms with Gasteiger partial charge in [-0.1, -0.05) is 78.9 Å². The van der Waals surface area contributed by atoms with Crippen LogP contribution in [0.2, 0.25) is 0 Å². The molecule has 0 N–H and O–H groups in total. The summed E-state index contributed by atoms with van der Waals surface area (Å²) in [6.45, 7) is 1.50. The van der Waals surface area contributed by atoms with E-state index in [0.29, 0.717) is 18.7 Å². The van der Waals surface area contributed by atoms with Crippen molar-refractivity contribution >= 4 is 5.91 Å². The number of hydrogen-bond donors (Lipinski definition) is 0. The summed E-state index contributed by atoms with van der Waals surface area (Å²) in [6, 6.07) is 27.0. The molecule has 4 rings (SSSR count). The van der Waals surface area contributed by atoms with Gasteiger partial charge in [-0.15, -0.1) is 0 Å². The molecule has 1 heterocycles. The van der Waals surface area contributed by atoms with Gasteiger partial charge in [0.1, 0.15) is 19.3 Å². The molecule has 0 spiro atoms. The quantitative estimate of drug-likeness (QED) is 0.242. The first kappa shape index (κ1) is 23.3. The molecule has 0 bridgehead atoms. The van der Waals surface area contributed by atoms with Gasteiger partial charge in [-0.25, -0.2) is 9.18 Å². The van der Waals surface area contributed by atoms with Crippen LogP contribution >= 0.6 is 0 Å². The number of hydroxylamine groups is 3. The van der Waals surface area contributed by atoms with Crippen LogP contribution < -0.4 is 0 Å². The van der Waals surface area contributed by atoms with Crippen molar-refractivity contribution in [3.05, 3.63) is 112 Å². The first-order valence-corrected chi connectivity index (χ1v) is 11.3. The summed E-state index contributed by atoms with van der Waals surface area (Å²) in [5, 5.41) is 12.9. The molecule has 0 saturated heterocycles. The van der Waals surface area contributed by atoms with E-state index in [-0.39, 0.29) is 32.8 Å². The van der Waals surface area contributed by atoms with Crippen molar-refractivity contribution in [1.82, 2.24) is 4.90 Å². The molecule has 2 atom stereocenters. The fraction of sp³-hybridized carbons (Fsp3) is 0.296. The van der Waals surface area contributed by atoms with Crippen LogP contribution in [-0.2, 0) is 24.4 Å². The van der Waals surface area contributed by atoms with Gasteiger partial charge in [0.2, 0.25) is 0 Å². The van der Waals surface area contributed by atoms with E-state index < -0.39 is 16.7 Å². The monoisotopic (exact) mass is 448 g/mol. The topological polar surface area (TPSA) is 52.6 Å². The fourth-order valence-corrected chi connectivity index (χ4v) is 4.24. The van der Waals surface area contributed by atoms with Crippen molar-refractivity contribution in [2.45, 2.75) is 25.8 Å². The minimum atomic E-state index is -1.20. The Morgan fingerprint density at radius 3 is 2.09 bits per heavy atom. The molecule has 3 aromatic carbocycles. The van der Waals surface area contributed by atoms with Gasteiger partial charge in [0.25, 0.3) is 0 Å². The highest BCUT2D eigenvalue weighted by molar-refractivity contribution is 5.92. The van der Waals surface area contributed by atoms with Gasteiger partial charge in [0.15, 0.2) is 0 Å². The van der Waals surface area contributed by atoms with Crippen LogP contribution in [-0.4, -0.2) is 47.9 Å². The van der Waals surface area contributed by atoms with E-state index in [4.69, 9.17) is 4.74 Å². The van der Waals surface area contributed by atoms with Crippen molar-refractivity contribution in [2.24, 2.45) is 0 Å². The summed E-state index contributed by atoms with van der Waals surface area (Å²) in [5.74, 6) is -0.442. The molecule has 0 saturated carbocycles. The minimum absolute atomic E-state index is 0.0159. The van der Waals surface area contributed by atoms with Gasteiger partial charge in [0.05, 0.1) is 18.8 Å². The molecule has 1 aliphatic rings. The second kappa shape index (κ2) is 10.8. The molecule has 3 aromatic rings. The number of fused-ring (bicyclic) bond motifs is 1. The van der Waals surface area contributed by atoms with Crippen LogP contribution in [0.3, 0.4) is 0 Å². The summed E-state index contributed by atoms with van der Waals surface area (Å²) < 4.78 is 19.4. The molecule has 0 fully saturated rings. The summed E-state index contributed by atoms with van der Waals surface area (Å²) in [5.41, 5.74) is 3.48. The number of nitrogens with zero attached hydrogens (tertiary/aromatic N) is 2. The summed E-state index contributed by atoms with van der Waals surface area (Å²) >= 11 is 0. The smallest absolute Gasteiger partial charge is 0.346 e. The lowest BCUT2D eigenvalue weighted by atomic mass is 10.1. The Morgan fingerprint density at radius 2 is 1.48 bits per heavy atom. The molecule has 0 aromatic heterocycles. The van der Waals surface area contributed by atoms with Crippen LogP contribution in [0, 0.1) is 5.21 Å². The van der Waals surface area contributed by atoms with E-state index in [1.807, 2.05) is 66.7 Å².